The molecule has 4 rings (SSSR count). The Morgan fingerprint density at radius 2 is 2.10 bits per heavy atom. The minimum Gasteiger partial charge on any atom is -0.487 e. The van der Waals surface area contributed by atoms with Gasteiger partial charge in [0.1, 0.15) is 17.0 Å². The number of aromatic amines is 1. The van der Waals surface area contributed by atoms with Crippen LogP contribution in [-0.2, 0) is 6.54 Å². The van der Waals surface area contributed by atoms with Crippen LogP contribution in [0.2, 0.25) is 0 Å². The molecule has 0 unspecified atom stereocenters. The monoisotopic (exact) mass is 407 g/mol. The molecule has 30 heavy (non-hydrogen) atoms. The molecule has 1 aliphatic rings. The predicted octanol–water partition coefficient (Wildman–Crippen LogP) is 4.33. The highest BCUT2D eigenvalue weighted by Crippen LogP contribution is 2.39. The number of rotatable bonds is 5. The second-order valence-corrected chi connectivity index (χ2v) is 8.57. The maximum absolute atomic E-state index is 13.0. The molecule has 1 aliphatic heterocycles. The summed E-state index contributed by atoms with van der Waals surface area (Å²) >= 11 is 0. The first-order valence-corrected chi connectivity index (χ1v) is 10.5. The predicted molar refractivity (Wildman–Crippen MR) is 116 cm³/mol. The Morgan fingerprint density at radius 1 is 1.33 bits per heavy atom. The van der Waals surface area contributed by atoms with Crippen molar-refractivity contribution in [1.82, 2.24) is 25.3 Å². The summed E-state index contributed by atoms with van der Waals surface area (Å²) in [5.41, 5.74) is 4.79. The van der Waals surface area contributed by atoms with E-state index in [0.29, 0.717) is 12.1 Å². The Kier molecular flexibility index (Phi) is 5.13. The Hall–Kier alpha value is -3.09. The Morgan fingerprint density at radius 3 is 2.87 bits per heavy atom. The summed E-state index contributed by atoms with van der Waals surface area (Å²) in [6.07, 6.45) is 1.71. The van der Waals surface area contributed by atoms with Crippen molar-refractivity contribution in [3.8, 4) is 17.0 Å². The van der Waals surface area contributed by atoms with Crippen molar-refractivity contribution in [1.29, 1.82) is 0 Å². The number of hydrogen-bond acceptors (Lipinski definition) is 4. The third kappa shape index (κ3) is 3.72. The van der Waals surface area contributed by atoms with E-state index >= 15 is 0 Å². The summed E-state index contributed by atoms with van der Waals surface area (Å²) in [4.78, 5) is 13.0. The highest BCUT2D eigenvalue weighted by atomic mass is 16.5. The van der Waals surface area contributed by atoms with Gasteiger partial charge in [-0.15, -0.1) is 0 Å². The molecule has 2 N–H and O–H groups in total. The zero-order valence-electron chi connectivity index (χ0n) is 18.2. The highest BCUT2D eigenvalue weighted by molar-refractivity contribution is 5.93. The van der Waals surface area contributed by atoms with Crippen LogP contribution >= 0.6 is 0 Å². The molecule has 0 saturated carbocycles. The molecule has 1 amide bonds. The molecular formula is C23H29N5O2. The van der Waals surface area contributed by atoms with Crippen molar-refractivity contribution in [3.05, 3.63) is 53.0 Å². The van der Waals surface area contributed by atoms with E-state index in [2.05, 4.69) is 27.5 Å². The third-order valence-corrected chi connectivity index (χ3v) is 5.58. The van der Waals surface area contributed by atoms with Crippen molar-refractivity contribution in [2.45, 2.75) is 65.6 Å². The van der Waals surface area contributed by atoms with E-state index < -0.39 is 0 Å². The first-order valence-electron chi connectivity index (χ1n) is 10.5. The van der Waals surface area contributed by atoms with E-state index in [-0.39, 0.29) is 17.6 Å². The van der Waals surface area contributed by atoms with Gasteiger partial charge in [0.25, 0.3) is 5.91 Å². The summed E-state index contributed by atoms with van der Waals surface area (Å²) in [7, 11) is 0. The molecule has 1 aromatic carbocycles. The van der Waals surface area contributed by atoms with Gasteiger partial charge in [0.15, 0.2) is 0 Å². The number of nitrogens with one attached hydrogen (secondary N) is 2. The normalized spacial score (nSPS) is 17.3. The number of aromatic nitrogens is 4. The van der Waals surface area contributed by atoms with Crippen LogP contribution in [0.3, 0.4) is 0 Å². The topological polar surface area (TPSA) is 84.8 Å². The van der Waals surface area contributed by atoms with Crippen LogP contribution in [0.15, 0.2) is 30.3 Å². The fourth-order valence-electron chi connectivity index (χ4n) is 4.23. The number of carbonyl (C=O) groups is 1. The lowest BCUT2D eigenvalue weighted by atomic mass is 9.89. The van der Waals surface area contributed by atoms with E-state index in [0.717, 1.165) is 46.9 Å². The lowest BCUT2D eigenvalue weighted by Gasteiger charge is -2.37. The largest absolute Gasteiger partial charge is 0.487 e. The Labute approximate surface area is 176 Å². The molecule has 0 fully saturated rings. The van der Waals surface area contributed by atoms with Crippen LogP contribution in [0.4, 0.5) is 0 Å². The Balaban J connectivity index is 1.57. The van der Waals surface area contributed by atoms with E-state index in [1.54, 1.807) is 6.07 Å². The lowest BCUT2D eigenvalue weighted by Crippen LogP contribution is -2.41. The number of hydrogen-bond donors (Lipinski definition) is 2. The van der Waals surface area contributed by atoms with E-state index in [1.807, 2.05) is 56.6 Å². The second-order valence-electron chi connectivity index (χ2n) is 8.57. The first-order chi connectivity index (χ1) is 14.3. The molecule has 7 nitrogen and oxygen atoms in total. The molecule has 2 aromatic heterocycles. The van der Waals surface area contributed by atoms with Crippen molar-refractivity contribution < 1.29 is 9.53 Å². The van der Waals surface area contributed by atoms with Gasteiger partial charge in [0.2, 0.25) is 0 Å². The molecule has 3 heterocycles. The number of benzene rings is 1. The van der Waals surface area contributed by atoms with Gasteiger partial charge in [0, 0.05) is 29.8 Å². The first kappa shape index (κ1) is 20.2. The maximum atomic E-state index is 13.0. The number of amides is 1. The van der Waals surface area contributed by atoms with Crippen LogP contribution in [0.25, 0.3) is 11.3 Å². The smallest absolute Gasteiger partial charge is 0.269 e. The SMILES string of the molecule is CCCn1nc(C)c(-c2cc(C(=O)N[C@@H]3CC(C)(C)Oc4ccccc43)[nH]n2)c1C. The van der Waals surface area contributed by atoms with Crippen LogP contribution in [-0.4, -0.2) is 31.5 Å². The summed E-state index contributed by atoms with van der Waals surface area (Å²) < 4.78 is 8.07. The van der Waals surface area contributed by atoms with Crippen molar-refractivity contribution in [2.75, 3.05) is 0 Å². The molecule has 0 saturated heterocycles. The minimum atomic E-state index is -0.354. The fraction of sp³-hybridized carbons (Fsp3) is 0.435. The number of aryl methyl sites for hydroxylation is 2. The average Bonchev–Trinajstić information content (AvgIpc) is 3.26. The van der Waals surface area contributed by atoms with Gasteiger partial charge < -0.3 is 10.1 Å². The minimum absolute atomic E-state index is 0.125. The van der Waals surface area contributed by atoms with E-state index in [9.17, 15) is 4.79 Å². The zero-order chi connectivity index (χ0) is 21.5. The van der Waals surface area contributed by atoms with Gasteiger partial charge in [0.05, 0.1) is 17.4 Å². The molecule has 158 valence electrons. The second kappa shape index (κ2) is 7.63. The van der Waals surface area contributed by atoms with Crippen LogP contribution in [0, 0.1) is 13.8 Å². The summed E-state index contributed by atoms with van der Waals surface area (Å²) in [6.45, 7) is 11.1. The van der Waals surface area contributed by atoms with Gasteiger partial charge in [-0.3, -0.25) is 14.6 Å². The van der Waals surface area contributed by atoms with Gasteiger partial charge in [-0.1, -0.05) is 25.1 Å². The fourth-order valence-corrected chi connectivity index (χ4v) is 4.23. The van der Waals surface area contributed by atoms with Gasteiger partial charge in [-0.05, 0) is 46.2 Å². The third-order valence-electron chi connectivity index (χ3n) is 5.58. The number of carbonyl (C=O) groups excluding carboxylic acids is 1. The van der Waals surface area contributed by atoms with Crippen molar-refractivity contribution >= 4 is 5.91 Å². The maximum Gasteiger partial charge on any atom is 0.269 e. The van der Waals surface area contributed by atoms with Crippen LogP contribution in [0.5, 0.6) is 5.75 Å². The molecule has 0 bridgehead atoms. The molecule has 0 spiro atoms. The van der Waals surface area contributed by atoms with Crippen molar-refractivity contribution in [3.63, 3.8) is 0 Å². The standard InChI is InChI=1S/C23H29N5O2/c1-6-11-28-15(3)21(14(2)27-28)17-12-18(26-25-17)22(29)24-19-13-23(4,5)30-20-10-8-7-9-16(19)20/h7-10,12,19H,6,11,13H2,1-5H3,(H,24,29)(H,25,26)/t19-/m1/s1. The number of para-hydroxylation sites is 1. The molecular weight excluding hydrogens is 378 g/mol. The quantitative estimate of drug-likeness (QED) is 0.659. The number of ether oxygens (including phenoxy) is 1. The van der Waals surface area contributed by atoms with Gasteiger partial charge in [-0.2, -0.15) is 10.2 Å². The number of H-pyrrole nitrogens is 1. The van der Waals surface area contributed by atoms with Crippen LogP contribution < -0.4 is 10.1 Å². The van der Waals surface area contributed by atoms with Gasteiger partial charge >= 0.3 is 0 Å². The molecule has 7 heteroatoms. The van der Waals surface area contributed by atoms with E-state index in [4.69, 9.17) is 4.74 Å². The lowest BCUT2D eigenvalue weighted by molar-refractivity contribution is 0.0618. The average molecular weight is 408 g/mol. The van der Waals surface area contributed by atoms with Crippen LogP contribution in [0.1, 0.15) is 67.1 Å². The van der Waals surface area contributed by atoms with E-state index in [1.165, 1.54) is 0 Å². The van der Waals surface area contributed by atoms with Crippen molar-refractivity contribution in [2.24, 2.45) is 0 Å². The molecule has 0 aliphatic carbocycles. The summed E-state index contributed by atoms with van der Waals surface area (Å²) in [5, 5.41) is 15.1. The summed E-state index contributed by atoms with van der Waals surface area (Å²) in [6, 6.07) is 9.54. The zero-order valence-corrected chi connectivity index (χ0v) is 18.2. The summed E-state index contributed by atoms with van der Waals surface area (Å²) in [5.74, 6) is 0.640. The number of fused-ring (bicyclic) bond motifs is 1. The molecule has 3 aromatic rings. The molecule has 0 radical (unpaired) electrons. The van der Waals surface area contributed by atoms with Gasteiger partial charge in [-0.25, -0.2) is 0 Å². The Bertz CT molecular complexity index is 1080. The number of nitrogens with zero attached hydrogens (tertiary/aromatic N) is 3. The highest BCUT2D eigenvalue weighted by Gasteiger charge is 2.34. The molecule has 1 atom stereocenters.